The number of carbonyl (C=O) groups excluding carboxylic acids is 2. The van der Waals surface area contributed by atoms with Gasteiger partial charge in [-0.25, -0.2) is 14.9 Å². The first-order chi connectivity index (χ1) is 15.0. The van der Waals surface area contributed by atoms with Crippen molar-refractivity contribution in [3.8, 4) is 5.75 Å². The lowest BCUT2D eigenvalue weighted by Crippen LogP contribution is -2.53. The fourth-order valence-corrected chi connectivity index (χ4v) is 4.17. The molecule has 2 saturated heterocycles. The first-order valence-corrected chi connectivity index (χ1v) is 10.9. The van der Waals surface area contributed by atoms with Crippen LogP contribution in [0.5, 0.6) is 5.75 Å². The summed E-state index contributed by atoms with van der Waals surface area (Å²) in [6, 6.07) is 8.71. The fraction of sp³-hybridized carbons (Fsp3) is 0.478. The number of anilines is 2. The number of ether oxygens (including phenoxy) is 1. The predicted octanol–water partition coefficient (Wildman–Crippen LogP) is 2.34. The van der Waals surface area contributed by atoms with E-state index in [0.717, 1.165) is 42.6 Å². The van der Waals surface area contributed by atoms with E-state index in [0.29, 0.717) is 25.4 Å². The molecule has 1 aromatic carbocycles. The molecule has 0 radical (unpaired) electrons. The number of piperazine rings is 1. The Morgan fingerprint density at radius 3 is 2.26 bits per heavy atom. The van der Waals surface area contributed by atoms with Crippen LogP contribution in [0.4, 0.5) is 11.6 Å². The molecule has 0 spiro atoms. The van der Waals surface area contributed by atoms with Gasteiger partial charge in [0.15, 0.2) is 0 Å². The molecular weight excluding hydrogens is 394 g/mol. The summed E-state index contributed by atoms with van der Waals surface area (Å²) < 4.78 is 5.59. The molecule has 0 unspecified atom stereocenters. The molecule has 2 aliphatic heterocycles. The SMILES string of the molecule is CCCOc1ccc(N2C(=O)C[C@H](N3CCN(c4nc(C)cc(C)n4)CC3)C2=O)cc1. The molecule has 2 fully saturated rings. The molecule has 2 aromatic rings. The van der Waals surface area contributed by atoms with Gasteiger partial charge in [0.2, 0.25) is 11.9 Å². The van der Waals surface area contributed by atoms with Crippen LogP contribution in [0.3, 0.4) is 0 Å². The van der Waals surface area contributed by atoms with E-state index in [4.69, 9.17) is 4.74 Å². The third-order valence-electron chi connectivity index (χ3n) is 5.70. The van der Waals surface area contributed by atoms with Crippen molar-refractivity contribution in [2.75, 3.05) is 42.6 Å². The average molecular weight is 424 g/mol. The van der Waals surface area contributed by atoms with E-state index in [9.17, 15) is 9.59 Å². The highest BCUT2D eigenvalue weighted by Gasteiger charge is 2.43. The summed E-state index contributed by atoms with van der Waals surface area (Å²) in [7, 11) is 0. The normalized spacial score (nSPS) is 19.9. The van der Waals surface area contributed by atoms with Gasteiger partial charge in [0.05, 0.1) is 24.8 Å². The van der Waals surface area contributed by atoms with Gasteiger partial charge < -0.3 is 9.64 Å². The van der Waals surface area contributed by atoms with Crippen molar-refractivity contribution in [2.24, 2.45) is 0 Å². The Balaban J connectivity index is 1.40. The van der Waals surface area contributed by atoms with Crippen molar-refractivity contribution >= 4 is 23.5 Å². The molecular formula is C23H29N5O3. The van der Waals surface area contributed by atoms with E-state index >= 15 is 0 Å². The van der Waals surface area contributed by atoms with E-state index in [-0.39, 0.29) is 18.2 Å². The lowest BCUT2D eigenvalue weighted by molar-refractivity contribution is -0.123. The van der Waals surface area contributed by atoms with Gasteiger partial charge in [-0.3, -0.25) is 14.5 Å². The monoisotopic (exact) mass is 423 g/mol. The van der Waals surface area contributed by atoms with Crippen molar-refractivity contribution in [3.05, 3.63) is 41.7 Å². The Morgan fingerprint density at radius 2 is 1.65 bits per heavy atom. The zero-order valence-corrected chi connectivity index (χ0v) is 18.4. The molecule has 1 aromatic heterocycles. The van der Waals surface area contributed by atoms with Crippen molar-refractivity contribution in [2.45, 2.75) is 39.7 Å². The molecule has 0 aliphatic carbocycles. The third-order valence-corrected chi connectivity index (χ3v) is 5.70. The minimum atomic E-state index is -0.411. The van der Waals surface area contributed by atoms with Gasteiger partial charge >= 0.3 is 0 Å². The molecule has 3 heterocycles. The highest BCUT2D eigenvalue weighted by molar-refractivity contribution is 6.22. The minimum absolute atomic E-state index is 0.150. The van der Waals surface area contributed by atoms with Crippen molar-refractivity contribution in [1.82, 2.24) is 14.9 Å². The highest BCUT2D eigenvalue weighted by Crippen LogP contribution is 2.28. The van der Waals surface area contributed by atoms with Gasteiger partial charge in [-0.15, -0.1) is 0 Å². The minimum Gasteiger partial charge on any atom is -0.494 e. The Hall–Kier alpha value is -3.00. The van der Waals surface area contributed by atoms with Gasteiger partial charge in [0, 0.05) is 37.6 Å². The number of hydrogen-bond acceptors (Lipinski definition) is 7. The maximum atomic E-state index is 13.1. The number of aromatic nitrogens is 2. The number of benzene rings is 1. The molecule has 8 heteroatoms. The standard InChI is InChI=1S/C23H29N5O3/c1-4-13-31-19-7-5-18(6-8-19)28-21(29)15-20(22(28)30)26-9-11-27(12-10-26)23-24-16(2)14-17(3)25-23/h5-8,14,20H,4,9-13,15H2,1-3H3/t20-/m0/s1. The smallest absolute Gasteiger partial charge is 0.251 e. The van der Waals surface area contributed by atoms with E-state index in [2.05, 4.69) is 19.8 Å². The average Bonchev–Trinajstić information content (AvgIpc) is 3.06. The van der Waals surface area contributed by atoms with Gasteiger partial charge in [0.25, 0.3) is 5.91 Å². The number of imide groups is 1. The molecule has 1 atom stereocenters. The Labute approximate surface area is 182 Å². The van der Waals surface area contributed by atoms with E-state index in [1.54, 1.807) is 12.1 Å². The van der Waals surface area contributed by atoms with Crippen LogP contribution in [-0.2, 0) is 9.59 Å². The van der Waals surface area contributed by atoms with Crippen molar-refractivity contribution in [3.63, 3.8) is 0 Å². The Morgan fingerprint density at radius 1 is 1.00 bits per heavy atom. The molecule has 31 heavy (non-hydrogen) atoms. The zero-order valence-electron chi connectivity index (χ0n) is 18.4. The topological polar surface area (TPSA) is 78.9 Å². The Kier molecular flexibility index (Phi) is 6.18. The summed E-state index contributed by atoms with van der Waals surface area (Å²) in [6.07, 6.45) is 1.14. The molecule has 2 aliphatic rings. The van der Waals surface area contributed by atoms with Crippen molar-refractivity contribution < 1.29 is 14.3 Å². The first kappa shape index (κ1) is 21.2. The van der Waals surface area contributed by atoms with Crippen LogP contribution in [0, 0.1) is 13.8 Å². The van der Waals surface area contributed by atoms with Gasteiger partial charge in [0.1, 0.15) is 5.75 Å². The molecule has 0 N–H and O–H groups in total. The van der Waals surface area contributed by atoms with Crippen LogP contribution >= 0.6 is 0 Å². The second kappa shape index (κ2) is 9.01. The van der Waals surface area contributed by atoms with Gasteiger partial charge in [-0.2, -0.15) is 0 Å². The maximum absolute atomic E-state index is 13.1. The molecule has 164 valence electrons. The van der Waals surface area contributed by atoms with E-state index in [1.807, 2.05) is 39.0 Å². The lowest BCUT2D eigenvalue weighted by atomic mass is 10.2. The summed E-state index contributed by atoms with van der Waals surface area (Å²) in [5.74, 6) is 1.17. The van der Waals surface area contributed by atoms with Crippen molar-refractivity contribution in [1.29, 1.82) is 0 Å². The summed E-state index contributed by atoms with van der Waals surface area (Å²) in [5, 5.41) is 0. The van der Waals surface area contributed by atoms with Gasteiger partial charge in [-0.05, 0) is 50.6 Å². The highest BCUT2D eigenvalue weighted by atomic mass is 16.5. The van der Waals surface area contributed by atoms with Crippen LogP contribution in [0.15, 0.2) is 30.3 Å². The second-order valence-electron chi connectivity index (χ2n) is 8.10. The third kappa shape index (κ3) is 4.54. The van der Waals surface area contributed by atoms with Crippen LogP contribution in [0.25, 0.3) is 0 Å². The number of carbonyl (C=O) groups is 2. The number of amides is 2. The van der Waals surface area contributed by atoms with Gasteiger partial charge in [-0.1, -0.05) is 6.92 Å². The molecule has 8 nitrogen and oxygen atoms in total. The number of aryl methyl sites for hydroxylation is 2. The molecule has 2 amide bonds. The zero-order chi connectivity index (χ0) is 22.0. The quantitative estimate of drug-likeness (QED) is 0.660. The predicted molar refractivity (Wildman–Crippen MR) is 118 cm³/mol. The second-order valence-corrected chi connectivity index (χ2v) is 8.10. The summed E-state index contributed by atoms with van der Waals surface area (Å²) >= 11 is 0. The van der Waals surface area contributed by atoms with Crippen LogP contribution in [0.2, 0.25) is 0 Å². The summed E-state index contributed by atoms with van der Waals surface area (Å²) in [6.45, 7) is 9.46. The number of hydrogen-bond donors (Lipinski definition) is 0. The Bertz CT molecular complexity index is 934. The number of rotatable bonds is 6. The largest absolute Gasteiger partial charge is 0.494 e. The first-order valence-electron chi connectivity index (χ1n) is 10.9. The lowest BCUT2D eigenvalue weighted by Gasteiger charge is -2.37. The number of nitrogens with zero attached hydrogens (tertiary/aromatic N) is 5. The van der Waals surface area contributed by atoms with E-state index in [1.165, 1.54) is 4.90 Å². The molecule has 4 rings (SSSR count). The fourth-order valence-electron chi connectivity index (χ4n) is 4.17. The molecule has 0 saturated carbocycles. The van der Waals surface area contributed by atoms with Crippen LogP contribution in [0.1, 0.15) is 31.2 Å². The molecule has 0 bridgehead atoms. The summed E-state index contributed by atoms with van der Waals surface area (Å²) in [5.41, 5.74) is 2.50. The van der Waals surface area contributed by atoms with Crippen LogP contribution < -0.4 is 14.5 Å². The summed E-state index contributed by atoms with van der Waals surface area (Å²) in [4.78, 5) is 40.4. The van der Waals surface area contributed by atoms with E-state index < -0.39 is 6.04 Å². The van der Waals surface area contributed by atoms with Crippen LogP contribution in [-0.4, -0.2) is 65.5 Å². The maximum Gasteiger partial charge on any atom is 0.251 e.